The van der Waals surface area contributed by atoms with Gasteiger partial charge in [0.05, 0.1) is 18.6 Å². The average molecular weight is 250 g/mol. The highest BCUT2D eigenvalue weighted by Gasteiger charge is 2.22. The highest BCUT2D eigenvalue weighted by atomic mass is 16.5. The van der Waals surface area contributed by atoms with Crippen molar-refractivity contribution < 1.29 is 19.4 Å². The molecule has 0 spiro atoms. The van der Waals surface area contributed by atoms with Crippen molar-refractivity contribution in [2.24, 2.45) is 5.92 Å². The number of hydrogen-bond donors (Lipinski definition) is 1. The smallest absolute Gasteiger partial charge is 0.306 e. The van der Waals surface area contributed by atoms with Crippen LogP contribution in [0.4, 0.5) is 0 Å². The molecule has 0 saturated heterocycles. The average Bonchev–Trinajstić information content (AvgIpc) is 2.37. The Morgan fingerprint density at radius 2 is 2.39 bits per heavy atom. The summed E-state index contributed by atoms with van der Waals surface area (Å²) in [5.74, 6) is -0.337. The molecular weight excluding hydrogens is 232 g/mol. The number of ether oxygens (including phenoxy) is 2. The molecule has 0 aliphatic carbocycles. The Morgan fingerprint density at radius 3 is 3.06 bits per heavy atom. The predicted molar refractivity (Wildman–Crippen MR) is 66.8 cm³/mol. The molecule has 1 unspecified atom stereocenters. The van der Waals surface area contributed by atoms with Gasteiger partial charge in [0, 0.05) is 19.1 Å². The first kappa shape index (κ1) is 12.9. The molecule has 1 heterocycles. The molecule has 1 aliphatic heterocycles. The molecule has 18 heavy (non-hydrogen) atoms. The Labute approximate surface area is 107 Å². The first-order valence-electron chi connectivity index (χ1n) is 6.13. The maximum Gasteiger partial charge on any atom is 0.306 e. The summed E-state index contributed by atoms with van der Waals surface area (Å²) in [5, 5.41) is 8.91. The number of rotatable bonds is 4. The van der Waals surface area contributed by atoms with Crippen molar-refractivity contribution in [1.82, 2.24) is 0 Å². The number of hydrogen-bond acceptors (Lipinski definition) is 3. The van der Waals surface area contributed by atoms with Gasteiger partial charge in [-0.05, 0) is 18.1 Å². The Hall–Kier alpha value is -1.55. The number of carboxylic acids is 1. The molecule has 4 heteroatoms. The molecule has 0 fully saturated rings. The third-order valence-electron chi connectivity index (χ3n) is 3.31. The van der Waals surface area contributed by atoms with Gasteiger partial charge in [-0.2, -0.15) is 0 Å². The van der Waals surface area contributed by atoms with Crippen LogP contribution in [0.15, 0.2) is 18.2 Å². The lowest BCUT2D eigenvalue weighted by Gasteiger charge is -2.25. The molecule has 1 N–H and O–H groups in total. The van der Waals surface area contributed by atoms with Crippen LogP contribution in [0.2, 0.25) is 0 Å². The van der Waals surface area contributed by atoms with Gasteiger partial charge in [0.2, 0.25) is 0 Å². The first-order valence-corrected chi connectivity index (χ1v) is 6.13. The molecule has 4 nitrogen and oxygen atoms in total. The molecule has 0 saturated carbocycles. The van der Waals surface area contributed by atoms with E-state index in [4.69, 9.17) is 14.6 Å². The quantitative estimate of drug-likeness (QED) is 0.891. The summed E-state index contributed by atoms with van der Waals surface area (Å²) in [4.78, 5) is 10.8. The molecule has 0 bridgehead atoms. The fourth-order valence-corrected chi connectivity index (χ4v) is 2.21. The molecule has 2 rings (SSSR count). The van der Waals surface area contributed by atoms with Crippen LogP contribution in [0.3, 0.4) is 0 Å². The van der Waals surface area contributed by atoms with Gasteiger partial charge in [-0.3, -0.25) is 4.79 Å². The minimum absolute atomic E-state index is 0.0831. The van der Waals surface area contributed by atoms with E-state index in [1.807, 2.05) is 18.2 Å². The molecule has 1 aromatic carbocycles. The van der Waals surface area contributed by atoms with Crippen LogP contribution in [0.1, 0.15) is 30.6 Å². The molecule has 98 valence electrons. The van der Waals surface area contributed by atoms with Gasteiger partial charge in [-0.15, -0.1) is 0 Å². The van der Waals surface area contributed by atoms with Gasteiger partial charge in [0.15, 0.2) is 0 Å². The Balaban J connectivity index is 2.19. The van der Waals surface area contributed by atoms with E-state index in [-0.39, 0.29) is 12.0 Å². The summed E-state index contributed by atoms with van der Waals surface area (Å²) in [6.45, 7) is 2.35. The number of fused-ring (bicyclic) bond motifs is 1. The van der Waals surface area contributed by atoms with E-state index >= 15 is 0 Å². The van der Waals surface area contributed by atoms with Gasteiger partial charge in [-0.25, -0.2) is 0 Å². The Bertz CT molecular complexity index is 441. The van der Waals surface area contributed by atoms with Crippen molar-refractivity contribution in [3.8, 4) is 5.75 Å². The van der Waals surface area contributed by atoms with Gasteiger partial charge < -0.3 is 14.6 Å². The minimum atomic E-state index is -0.775. The minimum Gasteiger partial charge on any atom is -0.493 e. The van der Waals surface area contributed by atoms with Crippen molar-refractivity contribution in [3.05, 3.63) is 29.3 Å². The maximum atomic E-state index is 10.8. The maximum absolute atomic E-state index is 10.8. The number of aliphatic carboxylic acids is 1. The third-order valence-corrected chi connectivity index (χ3v) is 3.31. The van der Waals surface area contributed by atoms with Gasteiger partial charge in [0.1, 0.15) is 5.75 Å². The standard InChI is InChI=1S/C14H18O4/c1-9(14(15)16)7-10-3-4-11-12(17-2)5-6-18-13(11)8-10/h3-4,8-9,12H,5-7H2,1-2H3,(H,15,16)/t9?,12-/m0/s1. The van der Waals surface area contributed by atoms with Crippen LogP contribution in [-0.4, -0.2) is 24.8 Å². The van der Waals surface area contributed by atoms with E-state index in [0.29, 0.717) is 13.0 Å². The lowest BCUT2D eigenvalue weighted by atomic mass is 9.96. The van der Waals surface area contributed by atoms with Crippen LogP contribution in [0, 0.1) is 5.92 Å². The highest BCUT2D eigenvalue weighted by Crippen LogP contribution is 2.35. The molecule has 2 atom stereocenters. The van der Waals surface area contributed by atoms with Gasteiger partial charge in [0.25, 0.3) is 0 Å². The van der Waals surface area contributed by atoms with Crippen LogP contribution in [0.25, 0.3) is 0 Å². The van der Waals surface area contributed by atoms with Crippen molar-refractivity contribution in [2.75, 3.05) is 13.7 Å². The van der Waals surface area contributed by atoms with Crippen LogP contribution < -0.4 is 4.74 Å². The van der Waals surface area contributed by atoms with E-state index in [1.54, 1.807) is 14.0 Å². The van der Waals surface area contributed by atoms with E-state index < -0.39 is 5.97 Å². The Morgan fingerprint density at radius 1 is 1.61 bits per heavy atom. The largest absolute Gasteiger partial charge is 0.493 e. The second kappa shape index (κ2) is 5.40. The second-order valence-corrected chi connectivity index (χ2v) is 4.68. The fraction of sp³-hybridized carbons (Fsp3) is 0.500. The topological polar surface area (TPSA) is 55.8 Å². The zero-order valence-corrected chi connectivity index (χ0v) is 10.7. The molecule has 1 aliphatic rings. The molecule has 1 aromatic rings. The molecule has 0 amide bonds. The number of methoxy groups -OCH3 is 1. The monoisotopic (exact) mass is 250 g/mol. The molecular formula is C14H18O4. The van der Waals surface area contributed by atoms with E-state index in [1.165, 1.54) is 0 Å². The summed E-state index contributed by atoms with van der Waals surface area (Å²) in [6, 6.07) is 5.87. The zero-order chi connectivity index (χ0) is 13.1. The number of carbonyl (C=O) groups is 1. The van der Waals surface area contributed by atoms with Crippen molar-refractivity contribution >= 4 is 5.97 Å². The SMILES string of the molecule is CO[C@H]1CCOc2cc(CC(C)C(=O)O)ccc21. The Kier molecular flexibility index (Phi) is 3.87. The molecule has 0 aromatic heterocycles. The van der Waals surface area contributed by atoms with Crippen LogP contribution in [-0.2, 0) is 16.0 Å². The highest BCUT2D eigenvalue weighted by molar-refractivity contribution is 5.70. The van der Waals surface area contributed by atoms with Crippen molar-refractivity contribution in [3.63, 3.8) is 0 Å². The summed E-state index contributed by atoms with van der Waals surface area (Å²) in [5.41, 5.74) is 2.04. The number of benzene rings is 1. The van der Waals surface area contributed by atoms with E-state index in [9.17, 15) is 4.79 Å². The second-order valence-electron chi connectivity index (χ2n) is 4.68. The van der Waals surface area contributed by atoms with Crippen LogP contribution in [0.5, 0.6) is 5.75 Å². The number of carboxylic acid groups (broad SMARTS) is 1. The molecule has 0 radical (unpaired) electrons. The summed E-state index contributed by atoms with van der Waals surface area (Å²) in [6.07, 6.45) is 1.46. The van der Waals surface area contributed by atoms with Crippen LogP contribution >= 0.6 is 0 Å². The van der Waals surface area contributed by atoms with Gasteiger partial charge >= 0.3 is 5.97 Å². The van der Waals surface area contributed by atoms with Gasteiger partial charge in [-0.1, -0.05) is 19.1 Å². The third kappa shape index (κ3) is 2.64. The lowest BCUT2D eigenvalue weighted by molar-refractivity contribution is -0.141. The summed E-state index contributed by atoms with van der Waals surface area (Å²) < 4.78 is 11.0. The normalized spacial score (nSPS) is 19.8. The summed E-state index contributed by atoms with van der Waals surface area (Å²) in [7, 11) is 1.69. The zero-order valence-electron chi connectivity index (χ0n) is 10.7. The van der Waals surface area contributed by atoms with E-state index in [2.05, 4.69) is 0 Å². The predicted octanol–water partition coefficient (Wildman–Crippen LogP) is 2.42. The van der Waals surface area contributed by atoms with Crippen molar-refractivity contribution in [1.29, 1.82) is 0 Å². The lowest BCUT2D eigenvalue weighted by Crippen LogP contribution is -2.16. The summed E-state index contributed by atoms with van der Waals surface area (Å²) >= 11 is 0. The van der Waals surface area contributed by atoms with Crippen molar-refractivity contribution in [2.45, 2.75) is 25.9 Å². The van der Waals surface area contributed by atoms with E-state index in [0.717, 1.165) is 23.3 Å². The fourth-order valence-electron chi connectivity index (χ4n) is 2.21. The first-order chi connectivity index (χ1) is 8.61.